The lowest BCUT2D eigenvalue weighted by Crippen LogP contribution is -2.26. The molecule has 2 aromatic carbocycles. The van der Waals surface area contributed by atoms with Gasteiger partial charge in [0.05, 0.1) is 23.2 Å². The van der Waals surface area contributed by atoms with Crippen molar-refractivity contribution in [3.05, 3.63) is 66.7 Å². The zero-order valence-electron chi connectivity index (χ0n) is 18.3. The van der Waals surface area contributed by atoms with E-state index in [0.717, 1.165) is 72.2 Å². The molecule has 1 aromatic heterocycles. The maximum Gasteiger partial charge on any atom is 0.236 e. The summed E-state index contributed by atoms with van der Waals surface area (Å²) < 4.78 is 27.4. The molecule has 3 rings (SSSR count). The SMILES string of the molecule is C=CCCCN(CCCC)c1c(-c2ccc(C)cc2)n(S(C)(=O)=O)c2ccccc12. The van der Waals surface area contributed by atoms with Crippen molar-refractivity contribution in [2.24, 2.45) is 0 Å². The highest BCUT2D eigenvalue weighted by molar-refractivity contribution is 7.89. The first-order valence-electron chi connectivity index (χ1n) is 10.6. The van der Waals surface area contributed by atoms with E-state index in [2.05, 4.69) is 18.4 Å². The fraction of sp³-hybridized carbons (Fsp3) is 0.360. The number of aromatic nitrogens is 1. The molecule has 1 heterocycles. The van der Waals surface area contributed by atoms with Gasteiger partial charge in [-0.15, -0.1) is 6.58 Å². The van der Waals surface area contributed by atoms with Crippen LogP contribution in [0.15, 0.2) is 61.2 Å². The number of aryl methyl sites for hydroxylation is 1. The molecule has 0 amide bonds. The van der Waals surface area contributed by atoms with Crippen molar-refractivity contribution < 1.29 is 8.42 Å². The van der Waals surface area contributed by atoms with E-state index in [1.807, 2.05) is 61.5 Å². The maximum atomic E-state index is 12.9. The highest BCUT2D eigenvalue weighted by atomic mass is 32.2. The van der Waals surface area contributed by atoms with Gasteiger partial charge in [0.1, 0.15) is 0 Å². The number of unbranched alkanes of at least 4 members (excludes halogenated alkanes) is 2. The predicted molar refractivity (Wildman–Crippen MR) is 129 cm³/mol. The lowest BCUT2D eigenvalue weighted by atomic mass is 10.1. The molecular weight excluding hydrogens is 392 g/mol. The summed E-state index contributed by atoms with van der Waals surface area (Å²) in [5, 5.41) is 0.980. The van der Waals surface area contributed by atoms with E-state index in [4.69, 9.17) is 0 Å². The number of nitrogens with zero attached hydrogens (tertiary/aromatic N) is 2. The standard InChI is InChI=1S/C25H32N2O2S/c1-5-7-11-19-26(18-8-6-2)25-22-12-9-10-13-23(22)27(30(4,28)29)24(25)21-16-14-20(3)15-17-21/h5,9-10,12-17H,1,6-8,11,18-19H2,2-4H3. The summed E-state index contributed by atoms with van der Waals surface area (Å²) in [5.41, 5.74) is 4.57. The first-order valence-corrected chi connectivity index (χ1v) is 12.5. The van der Waals surface area contributed by atoms with Crippen molar-refractivity contribution in [3.63, 3.8) is 0 Å². The summed E-state index contributed by atoms with van der Waals surface area (Å²) in [4.78, 5) is 2.37. The highest BCUT2D eigenvalue weighted by Gasteiger charge is 2.26. The van der Waals surface area contributed by atoms with E-state index in [1.54, 1.807) is 0 Å². The normalized spacial score (nSPS) is 11.7. The minimum atomic E-state index is -3.50. The average molecular weight is 425 g/mol. The van der Waals surface area contributed by atoms with Crippen LogP contribution in [0.5, 0.6) is 0 Å². The smallest absolute Gasteiger partial charge is 0.236 e. The topological polar surface area (TPSA) is 42.3 Å². The number of allylic oxidation sites excluding steroid dienone is 1. The van der Waals surface area contributed by atoms with E-state index in [0.29, 0.717) is 0 Å². The Morgan fingerprint density at radius 1 is 1.03 bits per heavy atom. The molecule has 0 fully saturated rings. The van der Waals surface area contributed by atoms with Gasteiger partial charge in [-0.1, -0.05) is 67.4 Å². The molecule has 0 spiro atoms. The molecule has 0 aliphatic rings. The number of para-hydroxylation sites is 1. The molecule has 0 unspecified atom stereocenters. The van der Waals surface area contributed by atoms with Crippen molar-refractivity contribution >= 4 is 26.6 Å². The number of benzene rings is 2. The lowest BCUT2D eigenvalue weighted by Gasteiger charge is -2.26. The fourth-order valence-corrected chi connectivity index (χ4v) is 4.98. The zero-order chi connectivity index (χ0) is 21.7. The molecule has 0 N–H and O–H groups in total. The van der Waals surface area contributed by atoms with Crippen molar-refractivity contribution in [3.8, 4) is 11.3 Å². The van der Waals surface area contributed by atoms with Crippen LogP contribution in [0.4, 0.5) is 5.69 Å². The Morgan fingerprint density at radius 2 is 1.70 bits per heavy atom. The van der Waals surface area contributed by atoms with Crippen LogP contribution in [-0.4, -0.2) is 31.7 Å². The Morgan fingerprint density at radius 3 is 2.33 bits per heavy atom. The summed E-state index contributed by atoms with van der Waals surface area (Å²) in [5.74, 6) is 0. The Bertz CT molecular complexity index is 1110. The average Bonchev–Trinajstić information content (AvgIpc) is 3.07. The zero-order valence-corrected chi connectivity index (χ0v) is 19.1. The molecule has 3 aromatic rings. The molecule has 0 saturated carbocycles. The minimum absolute atomic E-state index is 0.732. The van der Waals surface area contributed by atoms with Gasteiger partial charge in [-0.2, -0.15) is 0 Å². The maximum absolute atomic E-state index is 12.9. The van der Waals surface area contributed by atoms with Crippen LogP contribution in [-0.2, 0) is 10.0 Å². The fourth-order valence-electron chi connectivity index (χ4n) is 3.94. The van der Waals surface area contributed by atoms with Gasteiger partial charge >= 0.3 is 0 Å². The predicted octanol–water partition coefficient (Wildman–Crippen LogP) is 6.00. The minimum Gasteiger partial charge on any atom is -0.369 e. The van der Waals surface area contributed by atoms with E-state index in [-0.39, 0.29) is 0 Å². The summed E-state index contributed by atoms with van der Waals surface area (Å²) in [6.45, 7) is 9.83. The molecule has 0 aliphatic heterocycles. The first-order chi connectivity index (χ1) is 14.4. The Balaban J connectivity index is 2.33. The van der Waals surface area contributed by atoms with E-state index in [1.165, 1.54) is 10.2 Å². The van der Waals surface area contributed by atoms with Gasteiger partial charge in [0.2, 0.25) is 10.0 Å². The van der Waals surface area contributed by atoms with Gasteiger partial charge in [0, 0.05) is 24.0 Å². The van der Waals surface area contributed by atoms with Crippen molar-refractivity contribution in [2.45, 2.75) is 39.5 Å². The van der Waals surface area contributed by atoms with E-state index < -0.39 is 10.0 Å². The van der Waals surface area contributed by atoms with Gasteiger partial charge in [-0.3, -0.25) is 0 Å². The van der Waals surface area contributed by atoms with Gasteiger partial charge in [-0.25, -0.2) is 12.4 Å². The summed E-state index contributed by atoms with van der Waals surface area (Å²) in [6, 6.07) is 16.0. The number of rotatable bonds is 10. The molecule has 4 nitrogen and oxygen atoms in total. The van der Waals surface area contributed by atoms with Gasteiger partial charge in [-0.05, 0) is 32.3 Å². The van der Waals surface area contributed by atoms with Gasteiger partial charge in [0.25, 0.3) is 0 Å². The second kappa shape index (κ2) is 9.52. The quantitative estimate of drug-likeness (QED) is 0.296. The molecule has 0 saturated heterocycles. The van der Waals surface area contributed by atoms with Crippen LogP contribution in [0.25, 0.3) is 22.2 Å². The number of hydrogen-bond donors (Lipinski definition) is 0. The van der Waals surface area contributed by atoms with Crippen LogP contribution in [0, 0.1) is 6.92 Å². The van der Waals surface area contributed by atoms with Crippen LogP contribution in [0.2, 0.25) is 0 Å². The number of hydrogen-bond acceptors (Lipinski definition) is 3. The van der Waals surface area contributed by atoms with Crippen LogP contribution >= 0.6 is 0 Å². The molecular formula is C25H32N2O2S. The third kappa shape index (κ3) is 4.62. The van der Waals surface area contributed by atoms with E-state index >= 15 is 0 Å². The van der Waals surface area contributed by atoms with Gasteiger partial charge in [0.15, 0.2) is 0 Å². The Hall–Kier alpha value is -2.53. The molecule has 0 aliphatic carbocycles. The summed E-state index contributed by atoms with van der Waals surface area (Å²) in [6.07, 6.45) is 7.29. The van der Waals surface area contributed by atoms with Gasteiger partial charge < -0.3 is 4.90 Å². The van der Waals surface area contributed by atoms with Crippen molar-refractivity contribution in [1.82, 2.24) is 3.97 Å². The second-order valence-corrected chi connectivity index (χ2v) is 9.71. The third-order valence-electron chi connectivity index (χ3n) is 5.40. The number of anilines is 1. The monoisotopic (exact) mass is 424 g/mol. The molecule has 0 atom stereocenters. The molecule has 0 bridgehead atoms. The van der Waals surface area contributed by atoms with Crippen molar-refractivity contribution in [2.75, 3.05) is 24.2 Å². The van der Waals surface area contributed by atoms with E-state index in [9.17, 15) is 8.42 Å². The Labute approximate surface area is 180 Å². The van der Waals surface area contributed by atoms with Crippen molar-refractivity contribution in [1.29, 1.82) is 0 Å². The third-order valence-corrected chi connectivity index (χ3v) is 6.44. The molecule has 5 heteroatoms. The van der Waals surface area contributed by atoms with Crippen LogP contribution < -0.4 is 4.90 Å². The molecule has 30 heavy (non-hydrogen) atoms. The summed E-state index contributed by atoms with van der Waals surface area (Å²) >= 11 is 0. The Kier molecular flexibility index (Phi) is 7.03. The summed E-state index contributed by atoms with van der Waals surface area (Å²) in [7, 11) is -3.50. The second-order valence-electron chi connectivity index (χ2n) is 7.88. The number of fused-ring (bicyclic) bond motifs is 1. The molecule has 160 valence electrons. The molecule has 0 radical (unpaired) electrons. The first kappa shape index (κ1) is 22.2. The largest absolute Gasteiger partial charge is 0.369 e. The lowest BCUT2D eigenvalue weighted by molar-refractivity contribution is 0.595. The van der Waals surface area contributed by atoms with Crippen LogP contribution in [0.1, 0.15) is 38.2 Å². The highest BCUT2D eigenvalue weighted by Crippen LogP contribution is 2.42. The van der Waals surface area contributed by atoms with Crippen LogP contribution in [0.3, 0.4) is 0 Å².